The van der Waals surface area contributed by atoms with Gasteiger partial charge in [0.2, 0.25) is 0 Å². The molecule has 3 aromatic rings. The molecule has 0 spiro atoms. The van der Waals surface area contributed by atoms with Gasteiger partial charge in [0.1, 0.15) is 11.6 Å². The van der Waals surface area contributed by atoms with Crippen molar-refractivity contribution in [1.82, 2.24) is 9.88 Å². The minimum atomic E-state index is -1.21. The van der Waals surface area contributed by atoms with Crippen molar-refractivity contribution in [2.24, 2.45) is 16.5 Å². The molecule has 9 nitrogen and oxygen atoms in total. The number of pyridine rings is 1. The van der Waals surface area contributed by atoms with E-state index in [-0.39, 0.29) is 24.5 Å². The van der Waals surface area contributed by atoms with Crippen LogP contribution in [0.1, 0.15) is 51.5 Å². The van der Waals surface area contributed by atoms with Crippen LogP contribution in [0.5, 0.6) is 0 Å². The number of carbonyl (C=O) groups excluding carboxylic acids is 1. The summed E-state index contributed by atoms with van der Waals surface area (Å²) in [6.07, 6.45) is 2.09. The summed E-state index contributed by atoms with van der Waals surface area (Å²) in [5.41, 5.74) is 13.8. The van der Waals surface area contributed by atoms with Gasteiger partial charge in [-0.05, 0) is 49.9 Å². The van der Waals surface area contributed by atoms with Crippen molar-refractivity contribution in [2.75, 3.05) is 6.54 Å². The second-order valence-corrected chi connectivity index (χ2v) is 8.68. The van der Waals surface area contributed by atoms with Gasteiger partial charge in [0.15, 0.2) is 5.96 Å². The fourth-order valence-corrected chi connectivity index (χ4v) is 4.08. The number of aliphatic imine (C=N–C) groups is 1. The molecule has 0 saturated carbocycles. The van der Waals surface area contributed by atoms with Crippen molar-refractivity contribution < 1.29 is 14.7 Å². The van der Waals surface area contributed by atoms with E-state index in [1.165, 1.54) is 10.6 Å². The van der Waals surface area contributed by atoms with Gasteiger partial charge in [0.05, 0.1) is 6.04 Å². The highest BCUT2D eigenvalue weighted by Crippen LogP contribution is 2.27. The fraction of sp³-hybridized carbons (Fsp3) is 0.259. The minimum absolute atomic E-state index is 0.0903. The second kappa shape index (κ2) is 11.8. The molecule has 2 aromatic carbocycles. The van der Waals surface area contributed by atoms with Crippen LogP contribution in [0, 0.1) is 13.8 Å². The van der Waals surface area contributed by atoms with Crippen LogP contribution >= 0.6 is 0 Å². The molecule has 36 heavy (non-hydrogen) atoms. The first-order chi connectivity index (χ1) is 17.2. The van der Waals surface area contributed by atoms with E-state index in [9.17, 15) is 19.5 Å². The molecule has 6 N–H and O–H groups in total. The number of carboxylic acid groups (broad SMARTS) is 1. The lowest BCUT2D eigenvalue weighted by Gasteiger charge is -2.23. The summed E-state index contributed by atoms with van der Waals surface area (Å²) in [7, 11) is 0. The smallest absolute Gasteiger partial charge is 0.326 e. The Morgan fingerprint density at radius 3 is 2.14 bits per heavy atom. The van der Waals surface area contributed by atoms with Gasteiger partial charge in [-0.3, -0.25) is 14.6 Å². The van der Waals surface area contributed by atoms with Crippen molar-refractivity contribution in [3.63, 3.8) is 0 Å². The Bertz CT molecular complexity index is 1280. The zero-order chi connectivity index (χ0) is 26.2. The topological polar surface area (TPSA) is 153 Å². The highest BCUT2D eigenvalue weighted by Gasteiger charge is 2.24. The molecule has 188 valence electrons. The van der Waals surface area contributed by atoms with Gasteiger partial charge < -0.3 is 26.5 Å². The number of nitrogens with one attached hydrogen (secondary N) is 1. The lowest BCUT2D eigenvalue weighted by atomic mass is 9.95. The van der Waals surface area contributed by atoms with Crippen molar-refractivity contribution in [3.8, 4) is 0 Å². The number of nitrogens with two attached hydrogens (primary N) is 2. The van der Waals surface area contributed by atoms with Crippen LogP contribution in [0.2, 0.25) is 0 Å². The monoisotopic (exact) mass is 489 g/mol. The molecule has 0 aliphatic heterocycles. The van der Waals surface area contributed by atoms with Crippen LogP contribution in [-0.4, -0.2) is 40.1 Å². The predicted molar refractivity (Wildman–Crippen MR) is 139 cm³/mol. The van der Waals surface area contributed by atoms with E-state index in [4.69, 9.17) is 11.5 Å². The summed E-state index contributed by atoms with van der Waals surface area (Å²) in [5.74, 6) is -2.05. The number of rotatable bonds is 10. The first kappa shape index (κ1) is 26.2. The summed E-state index contributed by atoms with van der Waals surface area (Å²) < 4.78 is 1.51. The number of amides is 1. The lowest BCUT2D eigenvalue weighted by molar-refractivity contribution is -0.139. The first-order valence-electron chi connectivity index (χ1n) is 11.6. The molecule has 0 radical (unpaired) electrons. The number of hydrogen-bond acceptors (Lipinski definition) is 4. The lowest BCUT2D eigenvalue weighted by Crippen LogP contribution is -2.43. The SMILES string of the molecule is Cc1cccc(C(c2cccc(C)c2)n2cccc(C(=O)N[C@@H](CCCN=C(N)N)C(=O)O)c2=O)c1. The maximum Gasteiger partial charge on any atom is 0.326 e. The third-order valence-electron chi connectivity index (χ3n) is 5.76. The largest absolute Gasteiger partial charge is 0.480 e. The quantitative estimate of drug-likeness (QED) is 0.195. The van der Waals surface area contributed by atoms with Gasteiger partial charge in [0, 0.05) is 12.7 Å². The molecule has 0 aliphatic carbocycles. The average molecular weight is 490 g/mol. The Labute approximate surface area is 209 Å². The van der Waals surface area contributed by atoms with E-state index in [0.29, 0.717) is 6.42 Å². The molecule has 0 fully saturated rings. The van der Waals surface area contributed by atoms with Crippen LogP contribution in [0.25, 0.3) is 0 Å². The Hall–Kier alpha value is -4.40. The Balaban J connectivity index is 1.96. The Morgan fingerprint density at radius 1 is 1.00 bits per heavy atom. The normalized spacial score (nSPS) is 11.6. The standard InChI is InChI=1S/C27H31N5O4/c1-17-7-3-9-19(15-17)23(20-10-4-8-18(2)16-20)32-14-6-11-21(25(32)34)24(33)31-22(26(35)36)12-5-13-30-27(28)29/h3-4,6-11,14-16,22-23H,5,12-13H2,1-2H3,(H,31,33)(H,35,36)(H4,28,29,30)/t22-/m0/s1. The number of guanidine groups is 1. The maximum absolute atomic E-state index is 13.6. The summed E-state index contributed by atoms with van der Waals surface area (Å²) in [5, 5.41) is 12.0. The zero-order valence-corrected chi connectivity index (χ0v) is 20.3. The van der Waals surface area contributed by atoms with Crippen LogP contribution in [0.4, 0.5) is 0 Å². The molecule has 1 atom stereocenters. The number of carboxylic acids is 1. The van der Waals surface area contributed by atoms with Crippen molar-refractivity contribution in [2.45, 2.75) is 38.8 Å². The van der Waals surface area contributed by atoms with E-state index in [2.05, 4.69) is 10.3 Å². The van der Waals surface area contributed by atoms with E-state index in [1.54, 1.807) is 12.3 Å². The number of benzene rings is 2. The van der Waals surface area contributed by atoms with E-state index in [0.717, 1.165) is 22.3 Å². The predicted octanol–water partition coefficient (Wildman–Crippen LogP) is 2.34. The molecular formula is C27H31N5O4. The van der Waals surface area contributed by atoms with Crippen LogP contribution in [0.15, 0.2) is 76.6 Å². The molecule has 0 bridgehead atoms. The molecular weight excluding hydrogens is 458 g/mol. The number of aryl methyl sites for hydroxylation is 2. The summed E-state index contributed by atoms with van der Waals surface area (Å²) in [6.45, 7) is 4.18. The van der Waals surface area contributed by atoms with Gasteiger partial charge in [-0.15, -0.1) is 0 Å². The number of aliphatic carboxylic acids is 1. The Morgan fingerprint density at radius 2 is 1.61 bits per heavy atom. The van der Waals surface area contributed by atoms with Gasteiger partial charge in [-0.2, -0.15) is 0 Å². The molecule has 1 amide bonds. The number of nitrogens with zero attached hydrogens (tertiary/aromatic N) is 2. The summed E-state index contributed by atoms with van der Waals surface area (Å²) >= 11 is 0. The van der Waals surface area contributed by atoms with Crippen LogP contribution in [0.3, 0.4) is 0 Å². The first-order valence-corrected chi connectivity index (χ1v) is 11.6. The Kier molecular flexibility index (Phi) is 8.61. The molecule has 0 saturated heterocycles. The summed E-state index contributed by atoms with van der Waals surface area (Å²) in [6, 6.07) is 17.0. The van der Waals surface area contributed by atoms with Crippen LogP contribution < -0.4 is 22.3 Å². The molecule has 1 heterocycles. The van der Waals surface area contributed by atoms with E-state index in [1.807, 2.05) is 62.4 Å². The summed E-state index contributed by atoms with van der Waals surface area (Å²) in [4.78, 5) is 42.1. The highest BCUT2D eigenvalue weighted by molar-refractivity contribution is 5.96. The molecule has 1 aromatic heterocycles. The van der Waals surface area contributed by atoms with Gasteiger partial charge in [-0.1, -0.05) is 59.7 Å². The van der Waals surface area contributed by atoms with Gasteiger partial charge in [0.25, 0.3) is 11.5 Å². The number of carbonyl (C=O) groups is 2. The average Bonchev–Trinajstić information content (AvgIpc) is 2.82. The number of hydrogen-bond donors (Lipinski definition) is 4. The molecule has 0 aliphatic rings. The highest BCUT2D eigenvalue weighted by atomic mass is 16.4. The third-order valence-corrected chi connectivity index (χ3v) is 5.76. The maximum atomic E-state index is 13.6. The molecule has 9 heteroatoms. The van der Waals surface area contributed by atoms with Crippen LogP contribution in [-0.2, 0) is 4.79 Å². The third kappa shape index (κ3) is 6.59. The van der Waals surface area contributed by atoms with Crippen molar-refractivity contribution in [1.29, 1.82) is 0 Å². The molecule has 3 rings (SSSR count). The second-order valence-electron chi connectivity index (χ2n) is 8.68. The van der Waals surface area contributed by atoms with Gasteiger partial charge >= 0.3 is 5.97 Å². The van der Waals surface area contributed by atoms with Crippen molar-refractivity contribution >= 4 is 17.8 Å². The number of aromatic nitrogens is 1. The van der Waals surface area contributed by atoms with Crippen molar-refractivity contribution in [3.05, 3.63) is 105 Å². The fourth-order valence-electron chi connectivity index (χ4n) is 4.08. The molecule has 0 unspecified atom stereocenters. The van der Waals surface area contributed by atoms with E-state index < -0.39 is 29.5 Å². The minimum Gasteiger partial charge on any atom is -0.480 e. The van der Waals surface area contributed by atoms with Gasteiger partial charge in [-0.25, -0.2) is 4.79 Å². The van der Waals surface area contributed by atoms with E-state index >= 15 is 0 Å². The zero-order valence-electron chi connectivity index (χ0n) is 20.3.